The second-order valence-corrected chi connectivity index (χ2v) is 9.13. The van der Waals surface area contributed by atoms with Crippen molar-refractivity contribution in [3.63, 3.8) is 0 Å². The number of nitrogens with zero attached hydrogens (tertiary/aromatic N) is 2. The second kappa shape index (κ2) is 14.2. The van der Waals surface area contributed by atoms with E-state index in [-0.39, 0.29) is 43.6 Å². The standard InChI is InChI=1S/C24H39N3O7/c1-17(2)8-13-34-21-15-27(18(3)28)11-10-26(24(32)19-6-7-22(30)25-14-19)9-4-5-12-33-16-20(29)23(21)31/h6-7,14,17,20-21,23,29,31H,4-5,8-13,15-16H2,1-3H3,(H,25,30)/t20-,21-,23-/m1/s1. The third kappa shape index (κ3) is 9.17. The molecule has 0 radical (unpaired) electrons. The predicted octanol–water partition coefficient (Wildman–Crippen LogP) is 0.629. The van der Waals surface area contributed by atoms with Gasteiger partial charge in [0.1, 0.15) is 18.3 Å². The lowest BCUT2D eigenvalue weighted by Crippen LogP contribution is -2.50. The lowest BCUT2D eigenvalue weighted by molar-refractivity contribution is -0.140. The molecule has 1 aliphatic heterocycles. The Kier molecular flexibility index (Phi) is 11.7. The van der Waals surface area contributed by atoms with E-state index in [0.29, 0.717) is 44.1 Å². The van der Waals surface area contributed by atoms with Crippen molar-refractivity contribution in [2.75, 3.05) is 46.0 Å². The van der Waals surface area contributed by atoms with E-state index in [0.717, 1.165) is 6.42 Å². The van der Waals surface area contributed by atoms with E-state index >= 15 is 0 Å². The minimum Gasteiger partial charge on any atom is -0.388 e. The maximum absolute atomic E-state index is 13.1. The topological polar surface area (TPSA) is 132 Å². The molecule has 3 N–H and O–H groups in total. The third-order valence-electron chi connectivity index (χ3n) is 5.86. The maximum Gasteiger partial charge on any atom is 0.255 e. The van der Waals surface area contributed by atoms with Crippen molar-refractivity contribution in [1.82, 2.24) is 14.8 Å². The molecule has 0 unspecified atom stereocenters. The molecule has 1 fully saturated rings. The number of carbonyl (C=O) groups excluding carboxylic acids is 2. The molecule has 0 saturated carbocycles. The van der Waals surface area contributed by atoms with Crippen molar-refractivity contribution >= 4 is 11.8 Å². The summed E-state index contributed by atoms with van der Waals surface area (Å²) in [7, 11) is 0. The molecule has 10 nitrogen and oxygen atoms in total. The van der Waals surface area contributed by atoms with Crippen LogP contribution in [-0.4, -0.2) is 101 Å². The number of H-pyrrole nitrogens is 1. The van der Waals surface area contributed by atoms with E-state index in [1.54, 1.807) is 4.90 Å². The van der Waals surface area contributed by atoms with Crippen molar-refractivity contribution in [2.24, 2.45) is 5.92 Å². The zero-order chi connectivity index (χ0) is 25.1. The molecule has 2 heterocycles. The van der Waals surface area contributed by atoms with Gasteiger partial charge in [0.25, 0.3) is 5.91 Å². The van der Waals surface area contributed by atoms with Crippen LogP contribution < -0.4 is 5.56 Å². The van der Waals surface area contributed by atoms with E-state index in [4.69, 9.17) is 9.47 Å². The Balaban J connectivity index is 2.19. The van der Waals surface area contributed by atoms with E-state index in [9.17, 15) is 24.6 Å². The van der Waals surface area contributed by atoms with Crippen LogP contribution in [0.3, 0.4) is 0 Å². The van der Waals surface area contributed by atoms with Gasteiger partial charge in [0.2, 0.25) is 11.5 Å². The first-order valence-electron chi connectivity index (χ1n) is 12.0. The normalized spacial score (nSPS) is 23.5. The highest BCUT2D eigenvalue weighted by Crippen LogP contribution is 2.13. The molecule has 1 aliphatic rings. The summed E-state index contributed by atoms with van der Waals surface area (Å²) >= 11 is 0. The Morgan fingerprint density at radius 1 is 1.18 bits per heavy atom. The first-order chi connectivity index (χ1) is 16.2. The summed E-state index contributed by atoms with van der Waals surface area (Å²) < 4.78 is 11.4. The molecular weight excluding hydrogens is 442 g/mol. The van der Waals surface area contributed by atoms with Crippen LogP contribution in [0, 0.1) is 5.92 Å². The van der Waals surface area contributed by atoms with Crippen LogP contribution in [0.15, 0.2) is 23.1 Å². The molecule has 0 aromatic carbocycles. The molecule has 3 atom stereocenters. The smallest absolute Gasteiger partial charge is 0.255 e. The van der Waals surface area contributed by atoms with Gasteiger partial charge in [-0.3, -0.25) is 14.4 Å². The first kappa shape index (κ1) is 28.0. The van der Waals surface area contributed by atoms with E-state index in [2.05, 4.69) is 18.8 Å². The summed E-state index contributed by atoms with van der Waals surface area (Å²) in [5, 5.41) is 21.2. The fourth-order valence-corrected chi connectivity index (χ4v) is 3.65. The zero-order valence-corrected chi connectivity index (χ0v) is 20.4. The van der Waals surface area contributed by atoms with Gasteiger partial charge < -0.3 is 34.5 Å². The fraction of sp³-hybridized carbons (Fsp3) is 0.708. The molecular formula is C24H39N3O7. The second-order valence-electron chi connectivity index (χ2n) is 9.13. The number of ether oxygens (including phenoxy) is 2. The molecule has 10 heteroatoms. The summed E-state index contributed by atoms with van der Waals surface area (Å²) in [5.41, 5.74) is 0.0708. The highest BCUT2D eigenvalue weighted by atomic mass is 16.5. The van der Waals surface area contributed by atoms with Gasteiger partial charge in [-0.15, -0.1) is 0 Å². The SMILES string of the molecule is CC(=O)N1CCN(C(=O)c2ccc(=O)[nH]c2)CCCCOC[C@@H](O)[C@@H](O)[C@H](OCCC(C)C)C1. The highest BCUT2D eigenvalue weighted by Gasteiger charge is 2.30. The molecule has 1 aromatic heterocycles. The molecule has 2 amide bonds. The van der Waals surface area contributed by atoms with Gasteiger partial charge in [-0.1, -0.05) is 13.8 Å². The number of rotatable bonds is 5. The number of hydrogen-bond acceptors (Lipinski definition) is 7. The summed E-state index contributed by atoms with van der Waals surface area (Å²) in [6, 6.07) is 2.79. The minimum absolute atomic E-state index is 0.0503. The average molecular weight is 482 g/mol. The lowest BCUT2D eigenvalue weighted by Gasteiger charge is -2.33. The van der Waals surface area contributed by atoms with Gasteiger partial charge in [0, 0.05) is 58.6 Å². The number of aromatic amines is 1. The number of carbonyl (C=O) groups is 2. The Bertz CT molecular complexity index is 809. The molecule has 0 spiro atoms. The first-order valence-corrected chi connectivity index (χ1v) is 12.0. The van der Waals surface area contributed by atoms with Crippen molar-refractivity contribution in [1.29, 1.82) is 0 Å². The molecule has 1 saturated heterocycles. The van der Waals surface area contributed by atoms with Crippen molar-refractivity contribution in [2.45, 2.75) is 58.3 Å². The van der Waals surface area contributed by atoms with E-state index in [1.165, 1.54) is 30.2 Å². The van der Waals surface area contributed by atoms with Crippen LogP contribution in [0.4, 0.5) is 0 Å². The van der Waals surface area contributed by atoms with Crippen molar-refractivity contribution < 1.29 is 29.3 Å². The van der Waals surface area contributed by atoms with Crippen LogP contribution in [0.5, 0.6) is 0 Å². The van der Waals surface area contributed by atoms with Gasteiger partial charge in [-0.05, 0) is 31.2 Å². The van der Waals surface area contributed by atoms with Crippen molar-refractivity contribution in [3.05, 3.63) is 34.2 Å². The minimum atomic E-state index is -1.23. The Hall–Kier alpha value is -2.27. The number of amides is 2. The number of hydrogen-bond donors (Lipinski definition) is 3. The number of aliphatic hydroxyl groups is 2. The summed E-state index contributed by atoms with van der Waals surface area (Å²) in [5.74, 6) is -0.0628. The van der Waals surface area contributed by atoms with Crippen molar-refractivity contribution in [3.8, 4) is 0 Å². The van der Waals surface area contributed by atoms with Crippen LogP contribution in [0.2, 0.25) is 0 Å². The van der Waals surface area contributed by atoms with E-state index in [1.807, 2.05) is 0 Å². The summed E-state index contributed by atoms with van der Waals surface area (Å²) in [6.45, 7) is 7.30. The third-order valence-corrected chi connectivity index (χ3v) is 5.86. The Labute approximate surface area is 200 Å². The Morgan fingerprint density at radius 3 is 2.56 bits per heavy atom. The Morgan fingerprint density at radius 2 is 1.91 bits per heavy atom. The fourth-order valence-electron chi connectivity index (χ4n) is 3.65. The van der Waals surface area contributed by atoms with Crippen LogP contribution in [0.25, 0.3) is 0 Å². The monoisotopic (exact) mass is 481 g/mol. The van der Waals surface area contributed by atoms with Gasteiger partial charge in [-0.25, -0.2) is 0 Å². The molecule has 34 heavy (non-hydrogen) atoms. The van der Waals surface area contributed by atoms with Crippen LogP contribution in [-0.2, 0) is 14.3 Å². The van der Waals surface area contributed by atoms with E-state index < -0.39 is 18.3 Å². The predicted molar refractivity (Wildman–Crippen MR) is 126 cm³/mol. The maximum atomic E-state index is 13.1. The van der Waals surface area contributed by atoms with Gasteiger partial charge in [0.05, 0.1) is 12.2 Å². The highest BCUT2D eigenvalue weighted by molar-refractivity contribution is 5.93. The molecule has 192 valence electrons. The number of aliphatic hydroxyl groups excluding tert-OH is 2. The molecule has 1 aromatic rings. The number of aromatic nitrogens is 1. The number of pyridine rings is 1. The van der Waals surface area contributed by atoms with Gasteiger partial charge in [-0.2, -0.15) is 0 Å². The summed E-state index contributed by atoms with van der Waals surface area (Å²) in [4.78, 5) is 42.5. The van der Waals surface area contributed by atoms with Gasteiger partial charge >= 0.3 is 0 Å². The zero-order valence-electron chi connectivity index (χ0n) is 20.4. The van der Waals surface area contributed by atoms with Gasteiger partial charge in [0.15, 0.2) is 0 Å². The molecule has 0 bridgehead atoms. The largest absolute Gasteiger partial charge is 0.388 e. The van der Waals surface area contributed by atoms with Crippen LogP contribution >= 0.6 is 0 Å². The number of nitrogens with one attached hydrogen (secondary N) is 1. The molecule has 2 rings (SSSR count). The summed E-state index contributed by atoms with van der Waals surface area (Å²) in [6.07, 6.45) is 0.315. The average Bonchev–Trinajstić information content (AvgIpc) is 2.79. The molecule has 0 aliphatic carbocycles. The van der Waals surface area contributed by atoms with Crippen LogP contribution in [0.1, 0.15) is 50.4 Å². The lowest BCUT2D eigenvalue weighted by atomic mass is 10.1. The quantitative estimate of drug-likeness (QED) is 0.562.